The van der Waals surface area contributed by atoms with Crippen LogP contribution in [0.1, 0.15) is 5.56 Å². The molecular formula is C15H19N3O5S3. The molecule has 0 bridgehead atoms. The third-order valence-corrected chi connectivity index (χ3v) is 7.03. The maximum Gasteiger partial charge on any atom is 0.252 e. The second-order valence-corrected chi connectivity index (χ2v) is 10.5. The first kappa shape index (κ1) is 20.4. The van der Waals surface area contributed by atoms with E-state index >= 15 is 0 Å². The largest absolute Gasteiger partial charge is 0.351 e. The summed E-state index contributed by atoms with van der Waals surface area (Å²) in [5.41, 5.74) is 1.06. The maximum atomic E-state index is 12.3. The molecule has 0 aliphatic rings. The van der Waals surface area contributed by atoms with Gasteiger partial charge in [0.1, 0.15) is 4.21 Å². The smallest absolute Gasteiger partial charge is 0.252 e. The van der Waals surface area contributed by atoms with Crippen LogP contribution in [0.5, 0.6) is 0 Å². The lowest BCUT2D eigenvalue weighted by Crippen LogP contribution is -2.37. The van der Waals surface area contributed by atoms with Crippen LogP contribution < -0.4 is 10.0 Å². The summed E-state index contributed by atoms with van der Waals surface area (Å²) in [5, 5.41) is 4.27. The predicted molar refractivity (Wildman–Crippen MR) is 101 cm³/mol. The van der Waals surface area contributed by atoms with E-state index in [0.717, 1.165) is 21.9 Å². The maximum absolute atomic E-state index is 12.3. The highest BCUT2D eigenvalue weighted by atomic mass is 32.2. The standard InChI is InChI=1S/C15H19N3O5S3/c1-18(26(22,23)15-7-4-8-24-15)11-14(19)16-10-12-5-3-6-13(9-12)17-25(2,20)21/h3-9,17H,10-11H2,1-2H3,(H,16,19). The van der Waals surface area contributed by atoms with Crippen molar-refractivity contribution in [3.63, 3.8) is 0 Å². The van der Waals surface area contributed by atoms with Crippen molar-refractivity contribution in [1.82, 2.24) is 9.62 Å². The topological polar surface area (TPSA) is 113 Å². The molecule has 1 heterocycles. The van der Waals surface area contributed by atoms with Crippen LogP contribution in [-0.2, 0) is 31.4 Å². The number of carbonyl (C=O) groups is 1. The highest BCUT2D eigenvalue weighted by Gasteiger charge is 2.23. The molecule has 142 valence electrons. The van der Waals surface area contributed by atoms with Gasteiger partial charge < -0.3 is 5.32 Å². The average molecular weight is 418 g/mol. The van der Waals surface area contributed by atoms with Crippen LogP contribution in [0.2, 0.25) is 0 Å². The first-order valence-electron chi connectivity index (χ1n) is 7.41. The monoisotopic (exact) mass is 417 g/mol. The number of thiophene rings is 1. The van der Waals surface area contributed by atoms with Crippen molar-refractivity contribution in [3.8, 4) is 0 Å². The van der Waals surface area contributed by atoms with Crippen molar-refractivity contribution in [2.75, 3.05) is 24.6 Å². The predicted octanol–water partition coefficient (Wildman–Crippen LogP) is 1.06. The van der Waals surface area contributed by atoms with Gasteiger partial charge in [0.05, 0.1) is 12.8 Å². The van der Waals surface area contributed by atoms with Crippen molar-refractivity contribution in [3.05, 3.63) is 47.3 Å². The molecule has 0 aliphatic carbocycles. The van der Waals surface area contributed by atoms with Crippen molar-refractivity contribution in [1.29, 1.82) is 0 Å². The third kappa shape index (κ3) is 5.80. The molecule has 26 heavy (non-hydrogen) atoms. The molecule has 8 nitrogen and oxygen atoms in total. The van der Waals surface area contributed by atoms with Crippen LogP contribution >= 0.6 is 11.3 Å². The molecule has 0 radical (unpaired) electrons. The number of rotatable bonds is 8. The quantitative estimate of drug-likeness (QED) is 0.667. The van der Waals surface area contributed by atoms with Gasteiger partial charge >= 0.3 is 0 Å². The second kappa shape index (κ2) is 8.16. The molecule has 0 spiro atoms. The van der Waals surface area contributed by atoms with Crippen LogP contribution in [0, 0.1) is 0 Å². The van der Waals surface area contributed by atoms with Crippen molar-refractivity contribution in [2.45, 2.75) is 10.8 Å². The van der Waals surface area contributed by atoms with E-state index in [4.69, 9.17) is 0 Å². The molecule has 0 atom stereocenters. The summed E-state index contributed by atoms with van der Waals surface area (Å²) in [7, 11) is -5.74. The number of benzene rings is 1. The van der Waals surface area contributed by atoms with Crippen LogP contribution in [0.4, 0.5) is 5.69 Å². The van der Waals surface area contributed by atoms with Crippen molar-refractivity contribution >= 4 is 43.0 Å². The molecule has 0 unspecified atom stereocenters. The molecule has 0 aliphatic heterocycles. The molecule has 0 fully saturated rings. The van der Waals surface area contributed by atoms with Gasteiger partial charge in [0.2, 0.25) is 15.9 Å². The molecule has 2 aromatic rings. The summed E-state index contributed by atoms with van der Waals surface area (Å²) in [6.45, 7) is -0.174. The number of carbonyl (C=O) groups excluding carboxylic acids is 1. The Hall–Kier alpha value is -1.95. The van der Waals surface area contributed by atoms with Gasteiger partial charge in [-0.3, -0.25) is 9.52 Å². The fourth-order valence-corrected chi connectivity index (χ4v) is 4.95. The zero-order chi connectivity index (χ0) is 19.4. The van der Waals surface area contributed by atoms with E-state index in [1.165, 1.54) is 13.1 Å². The van der Waals surface area contributed by atoms with Gasteiger partial charge in [-0.15, -0.1) is 11.3 Å². The first-order valence-corrected chi connectivity index (χ1v) is 11.6. The summed E-state index contributed by atoms with van der Waals surface area (Å²) in [6, 6.07) is 9.67. The third-order valence-electron chi connectivity index (χ3n) is 3.25. The number of hydrogen-bond acceptors (Lipinski definition) is 6. The fraction of sp³-hybridized carbons (Fsp3) is 0.267. The Morgan fingerprint density at radius 1 is 1.15 bits per heavy atom. The number of likely N-dealkylation sites (N-methyl/N-ethyl adjacent to an activating group) is 1. The van der Waals surface area contributed by atoms with Gasteiger partial charge in [-0.1, -0.05) is 18.2 Å². The van der Waals surface area contributed by atoms with E-state index in [2.05, 4.69) is 10.0 Å². The highest BCUT2D eigenvalue weighted by molar-refractivity contribution is 7.92. The van der Waals surface area contributed by atoms with Crippen LogP contribution in [0.3, 0.4) is 0 Å². The zero-order valence-electron chi connectivity index (χ0n) is 14.2. The number of hydrogen-bond donors (Lipinski definition) is 2. The molecule has 1 aromatic heterocycles. The van der Waals surface area contributed by atoms with E-state index < -0.39 is 26.0 Å². The van der Waals surface area contributed by atoms with Crippen molar-refractivity contribution < 1.29 is 21.6 Å². The second-order valence-electron chi connectivity index (χ2n) is 5.54. The molecule has 1 amide bonds. The minimum atomic E-state index is -3.69. The summed E-state index contributed by atoms with van der Waals surface area (Å²) >= 11 is 1.08. The molecule has 1 aromatic carbocycles. The number of amides is 1. The Labute approximate surface area is 156 Å². The number of anilines is 1. The Balaban J connectivity index is 1.94. The van der Waals surface area contributed by atoms with Crippen molar-refractivity contribution in [2.24, 2.45) is 0 Å². The number of nitrogens with one attached hydrogen (secondary N) is 2. The minimum Gasteiger partial charge on any atom is -0.351 e. The van der Waals surface area contributed by atoms with Gasteiger partial charge in [0, 0.05) is 19.3 Å². The summed E-state index contributed by atoms with van der Waals surface area (Å²) in [4.78, 5) is 12.0. The van der Waals surface area contributed by atoms with E-state index in [-0.39, 0.29) is 17.3 Å². The number of nitrogens with zero attached hydrogens (tertiary/aromatic N) is 1. The van der Waals surface area contributed by atoms with Crippen LogP contribution in [0.25, 0.3) is 0 Å². The van der Waals surface area contributed by atoms with Gasteiger partial charge in [-0.25, -0.2) is 16.8 Å². The zero-order valence-corrected chi connectivity index (χ0v) is 16.6. The van der Waals surface area contributed by atoms with Crippen LogP contribution in [-0.4, -0.2) is 46.9 Å². The summed E-state index contributed by atoms with van der Waals surface area (Å²) in [6.07, 6.45) is 1.05. The Bertz CT molecular complexity index is 970. The van der Waals surface area contributed by atoms with E-state index in [9.17, 15) is 21.6 Å². The Morgan fingerprint density at radius 2 is 1.88 bits per heavy atom. The fourth-order valence-electron chi connectivity index (χ4n) is 2.07. The lowest BCUT2D eigenvalue weighted by Gasteiger charge is -2.16. The molecular weight excluding hydrogens is 398 g/mol. The SMILES string of the molecule is CN(CC(=O)NCc1cccc(NS(C)(=O)=O)c1)S(=O)(=O)c1cccs1. The lowest BCUT2D eigenvalue weighted by molar-refractivity contribution is -0.121. The minimum absolute atomic E-state index is 0.144. The molecule has 2 rings (SSSR count). The highest BCUT2D eigenvalue weighted by Crippen LogP contribution is 2.19. The molecule has 0 saturated carbocycles. The van der Waals surface area contributed by atoms with Gasteiger partial charge in [-0.2, -0.15) is 4.31 Å². The van der Waals surface area contributed by atoms with Gasteiger partial charge in [-0.05, 0) is 29.1 Å². The van der Waals surface area contributed by atoms with E-state index in [1.54, 1.807) is 35.7 Å². The van der Waals surface area contributed by atoms with Crippen LogP contribution in [0.15, 0.2) is 46.0 Å². The molecule has 11 heteroatoms. The van der Waals surface area contributed by atoms with Gasteiger partial charge in [0.25, 0.3) is 10.0 Å². The lowest BCUT2D eigenvalue weighted by atomic mass is 10.2. The normalized spacial score (nSPS) is 12.1. The first-order chi connectivity index (χ1) is 12.1. The van der Waals surface area contributed by atoms with E-state index in [0.29, 0.717) is 11.3 Å². The summed E-state index contributed by atoms with van der Waals surface area (Å²) < 4.78 is 50.5. The molecule has 2 N–H and O–H groups in total. The average Bonchev–Trinajstić information content (AvgIpc) is 3.06. The van der Waals surface area contributed by atoms with Gasteiger partial charge in [0.15, 0.2) is 0 Å². The Morgan fingerprint density at radius 3 is 2.50 bits per heavy atom. The number of sulfonamides is 2. The summed E-state index contributed by atoms with van der Waals surface area (Å²) in [5.74, 6) is -0.464. The molecule has 0 saturated heterocycles. The Kier molecular flexibility index (Phi) is 6.39. The van der Waals surface area contributed by atoms with E-state index in [1.807, 2.05) is 0 Å².